The molecule has 1 N–H and O–H groups in total. The molecule has 0 aromatic carbocycles. The quantitative estimate of drug-likeness (QED) is 0.634. The molecule has 1 rings (SSSR count). The first kappa shape index (κ1) is 9.27. The van der Waals surface area contributed by atoms with Crippen molar-refractivity contribution in [2.24, 2.45) is 0 Å². The van der Waals surface area contributed by atoms with Gasteiger partial charge in [0.2, 0.25) is 0 Å². The topological polar surface area (TPSA) is 12.0 Å². The van der Waals surface area contributed by atoms with Gasteiger partial charge in [0.05, 0.1) is 0 Å². The molecule has 1 nitrogen and oxygen atoms in total. The minimum Gasteiger partial charge on any atom is -0.315 e. The Labute approximate surface area is 72.8 Å². The lowest BCUT2D eigenvalue weighted by molar-refractivity contribution is 0.386. The first-order valence-corrected chi connectivity index (χ1v) is 6.79. The molecule has 0 spiro atoms. The molecule has 0 radical (unpaired) electrons. The second-order valence-electron chi connectivity index (χ2n) is 3.72. The predicted molar refractivity (Wildman–Crippen MR) is 53.9 cm³/mol. The molecule has 0 aliphatic carbocycles. The van der Waals surface area contributed by atoms with Gasteiger partial charge in [-0.15, -0.1) is 0 Å². The van der Waals surface area contributed by atoms with Crippen LogP contribution in [0.25, 0.3) is 0 Å². The van der Waals surface area contributed by atoms with Gasteiger partial charge in [-0.2, -0.15) is 0 Å². The van der Waals surface area contributed by atoms with E-state index in [1.54, 1.807) is 6.04 Å². The monoisotopic (exact) mass is 171 g/mol. The Kier molecular flexibility index (Phi) is 3.59. The van der Waals surface area contributed by atoms with Crippen molar-refractivity contribution >= 4 is 9.52 Å². The summed E-state index contributed by atoms with van der Waals surface area (Å²) in [6.07, 6.45) is 5.81. The van der Waals surface area contributed by atoms with Crippen molar-refractivity contribution in [2.75, 3.05) is 6.54 Å². The summed E-state index contributed by atoms with van der Waals surface area (Å²) in [5.41, 5.74) is 0. The van der Waals surface area contributed by atoms with Crippen molar-refractivity contribution in [3.63, 3.8) is 0 Å². The third-order valence-electron chi connectivity index (χ3n) is 3.04. The van der Waals surface area contributed by atoms with Crippen LogP contribution in [-0.4, -0.2) is 21.2 Å². The maximum atomic E-state index is 3.71. The Morgan fingerprint density at radius 1 is 1.36 bits per heavy atom. The third-order valence-corrected chi connectivity index (χ3v) is 5.95. The van der Waals surface area contributed by atoms with E-state index in [1.807, 2.05) is 0 Å². The molecule has 0 amide bonds. The molecule has 1 saturated heterocycles. The number of nitrogens with one attached hydrogen (secondary N) is 1. The smallest absolute Gasteiger partial charge is 0.0444 e. The molecule has 1 aliphatic rings. The van der Waals surface area contributed by atoms with Gasteiger partial charge < -0.3 is 5.32 Å². The first-order valence-electron chi connectivity index (χ1n) is 5.08. The lowest BCUT2D eigenvalue weighted by Gasteiger charge is -2.37. The summed E-state index contributed by atoms with van der Waals surface area (Å²) in [6.45, 7) is 5.75. The molecular formula is C9H21NSi. The fraction of sp³-hybridized carbons (Fsp3) is 1.00. The molecule has 2 heteroatoms. The van der Waals surface area contributed by atoms with E-state index in [1.165, 1.54) is 32.2 Å². The van der Waals surface area contributed by atoms with Crippen LogP contribution in [0.5, 0.6) is 0 Å². The fourth-order valence-corrected chi connectivity index (χ4v) is 4.82. The molecule has 1 unspecified atom stereocenters. The lowest BCUT2D eigenvalue weighted by Crippen LogP contribution is -2.51. The summed E-state index contributed by atoms with van der Waals surface area (Å²) in [6, 6.07) is 1.57. The van der Waals surface area contributed by atoms with E-state index in [0.717, 1.165) is 0 Å². The van der Waals surface area contributed by atoms with Crippen molar-refractivity contribution in [1.82, 2.24) is 5.32 Å². The highest BCUT2D eigenvalue weighted by atomic mass is 28.2. The minimum absolute atomic E-state index is 0.194. The van der Waals surface area contributed by atoms with E-state index in [9.17, 15) is 0 Å². The van der Waals surface area contributed by atoms with E-state index in [2.05, 4.69) is 19.2 Å². The van der Waals surface area contributed by atoms with E-state index < -0.39 is 0 Å². The van der Waals surface area contributed by atoms with Crippen molar-refractivity contribution in [2.45, 2.75) is 50.7 Å². The van der Waals surface area contributed by atoms with E-state index >= 15 is 0 Å². The highest BCUT2D eigenvalue weighted by Crippen LogP contribution is 2.24. The van der Waals surface area contributed by atoms with Crippen LogP contribution < -0.4 is 5.32 Å². The molecule has 0 saturated carbocycles. The largest absolute Gasteiger partial charge is 0.315 e. The summed E-state index contributed by atoms with van der Waals surface area (Å²) in [5.74, 6) is 0. The Hall–Kier alpha value is 0.177. The minimum atomic E-state index is 0.194. The summed E-state index contributed by atoms with van der Waals surface area (Å²) < 4.78 is 0. The second-order valence-corrected chi connectivity index (χ2v) is 6.29. The molecule has 1 aliphatic heterocycles. The van der Waals surface area contributed by atoms with Crippen LogP contribution in [0.4, 0.5) is 0 Å². The summed E-state index contributed by atoms with van der Waals surface area (Å²) in [4.78, 5) is 0. The molecule has 66 valence electrons. The van der Waals surface area contributed by atoms with E-state index in [0.29, 0.717) is 5.16 Å². The average Bonchev–Trinajstić information content (AvgIpc) is 2.07. The van der Waals surface area contributed by atoms with Gasteiger partial charge in [0.15, 0.2) is 0 Å². The first-order chi connectivity index (χ1) is 5.33. The highest BCUT2D eigenvalue weighted by molar-refractivity contribution is 6.40. The summed E-state index contributed by atoms with van der Waals surface area (Å²) in [5, 5.41) is 4.37. The second kappa shape index (κ2) is 4.26. The van der Waals surface area contributed by atoms with Crippen molar-refractivity contribution in [3.8, 4) is 0 Å². The van der Waals surface area contributed by atoms with Crippen LogP contribution in [0.2, 0.25) is 6.04 Å². The van der Waals surface area contributed by atoms with Crippen LogP contribution in [0.3, 0.4) is 0 Å². The van der Waals surface area contributed by atoms with Gasteiger partial charge in [0, 0.05) is 14.7 Å². The normalized spacial score (nSPS) is 34.4. The Morgan fingerprint density at radius 3 is 2.64 bits per heavy atom. The zero-order valence-corrected chi connectivity index (χ0v) is 9.36. The summed E-state index contributed by atoms with van der Waals surface area (Å²) in [7, 11) is 0.194. The van der Waals surface area contributed by atoms with Crippen molar-refractivity contribution in [3.05, 3.63) is 0 Å². The number of rotatable bonds is 3. The molecular weight excluding hydrogens is 150 g/mol. The SMILES string of the molecule is CCNC1(CC)CCCC[SiH2]1. The zero-order chi connectivity index (χ0) is 8.16. The molecule has 1 fully saturated rings. The van der Waals surface area contributed by atoms with Gasteiger partial charge in [0.1, 0.15) is 0 Å². The standard InChI is InChI=1S/C9H21NSi/c1-3-9(10-4-2)7-5-6-8-11-9/h10H,3-8,11H2,1-2H3. The summed E-state index contributed by atoms with van der Waals surface area (Å²) >= 11 is 0. The Morgan fingerprint density at radius 2 is 2.18 bits per heavy atom. The molecule has 0 aromatic rings. The zero-order valence-electron chi connectivity index (χ0n) is 7.95. The van der Waals surface area contributed by atoms with Gasteiger partial charge in [-0.05, 0) is 19.4 Å². The Balaban J connectivity index is 2.42. The van der Waals surface area contributed by atoms with Crippen molar-refractivity contribution in [1.29, 1.82) is 0 Å². The Bertz CT molecular complexity index is 103. The highest BCUT2D eigenvalue weighted by Gasteiger charge is 2.28. The van der Waals surface area contributed by atoms with Crippen LogP contribution in [0.15, 0.2) is 0 Å². The van der Waals surface area contributed by atoms with Crippen molar-refractivity contribution < 1.29 is 0 Å². The molecule has 0 bridgehead atoms. The van der Waals surface area contributed by atoms with E-state index in [-0.39, 0.29) is 9.52 Å². The van der Waals surface area contributed by atoms with Gasteiger partial charge in [-0.25, -0.2) is 0 Å². The lowest BCUT2D eigenvalue weighted by atomic mass is 10.1. The number of hydrogen-bond acceptors (Lipinski definition) is 1. The van der Waals surface area contributed by atoms with Gasteiger partial charge in [0.25, 0.3) is 0 Å². The average molecular weight is 171 g/mol. The van der Waals surface area contributed by atoms with Crippen LogP contribution in [0.1, 0.15) is 39.5 Å². The third kappa shape index (κ3) is 2.31. The van der Waals surface area contributed by atoms with Gasteiger partial charge in [-0.3, -0.25) is 0 Å². The maximum Gasteiger partial charge on any atom is 0.0444 e. The molecule has 1 heterocycles. The molecule has 0 aromatic heterocycles. The van der Waals surface area contributed by atoms with Crippen LogP contribution >= 0.6 is 0 Å². The molecule has 1 atom stereocenters. The van der Waals surface area contributed by atoms with Crippen LogP contribution in [0, 0.1) is 0 Å². The molecule has 11 heavy (non-hydrogen) atoms. The number of hydrogen-bond donors (Lipinski definition) is 1. The maximum absolute atomic E-state index is 3.71. The fourth-order valence-electron chi connectivity index (χ4n) is 2.26. The van der Waals surface area contributed by atoms with Gasteiger partial charge in [-0.1, -0.05) is 32.7 Å². The predicted octanol–water partition coefficient (Wildman–Crippen LogP) is 1.47. The van der Waals surface area contributed by atoms with Gasteiger partial charge >= 0.3 is 0 Å². The van der Waals surface area contributed by atoms with Crippen LogP contribution in [-0.2, 0) is 0 Å². The van der Waals surface area contributed by atoms with E-state index in [4.69, 9.17) is 0 Å².